The van der Waals surface area contributed by atoms with Gasteiger partial charge in [0, 0.05) is 11.7 Å². The van der Waals surface area contributed by atoms with Gasteiger partial charge in [-0.25, -0.2) is 0 Å². The molecule has 1 aromatic carbocycles. The average molecular weight is 136 g/mol. The molecule has 0 spiro atoms. The van der Waals surface area contributed by atoms with Crippen LogP contribution < -0.4 is 5.32 Å². The van der Waals surface area contributed by atoms with Gasteiger partial charge in [0.1, 0.15) is 0 Å². The van der Waals surface area contributed by atoms with E-state index < -0.39 is 0 Å². The largest absolute Gasteiger partial charge is 0.383 e. The van der Waals surface area contributed by atoms with E-state index in [-0.39, 0.29) is 0 Å². The van der Waals surface area contributed by atoms with Crippen molar-refractivity contribution in [2.24, 2.45) is 0 Å². The molecule has 0 aliphatic rings. The molecular formula is C9H13N. The molecule has 1 aromatic rings. The first-order valence-corrected chi connectivity index (χ1v) is 3.52. The van der Waals surface area contributed by atoms with Crippen molar-refractivity contribution in [3.63, 3.8) is 0 Å². The Bertz CT molecular complexity index is 233. The van der Waals surface area contributed by atoms with Gasteiger partial charge in [-0.3, -0.25) is 0 Å². The number of rotatable bonds is 2. The minimum atomic E-state index is 0.390. The number of para-hydroxylation sites is 1. The van der Waals surface area contributed by atoms with Crippen molar-refractivity contribution in [1.82, 2.24) is 0 Å². The van der Waals surface area contributed by atoms with Crippen LogP contribution in [0.15, 0.2) is 30.3 Å². The molecule has 0 aliphatic carbocycles. The molecule has 0 saturated heterocycles. The molecule has 1 heteroatoms. The van der Waals surface area contributed by atoms with Crippen LogP contribution in [0.5, 0.6) is 0 Å². The van der Waals surface area contributed by atoms with Crippen LogP contribution >= 0.6 is 0 Å². The summed E-state index contributed by atoms with van der Waals surface area (Å²) in [6.45, 7) is 4.12. The van der Waals surface area contributed by atoms with Crippen molar-refractivity contribution in [2.45, 2.75) is 19.9 Å². The van der Waals surface area contributed by atoms with E-state index in [1.165, 1.54) is 0 Å². The first kappa shape index (κ1) is 5.78. The van der Waals surface area contributed by atoms with Crippen LogP contribution in [-0.2, 0) is 0 Å². The highest BCUT2D eigenvalue weighted by Gasteiger charge is 1.90. The maximum absolute atomic E-state index is 7.50. The molecule has 0 bridgehead atoms. The molecule has 0 aromatic heterocycles. The first-order chi connectivity index (χ1) is 5.20. The highest BCUT2D eigenvalue weighted by atomic mass is 14.9. The number of hydrogen-bond acceptors (Lipinski definition) is 1. The summed E-state index contributed by atoms with van der Waals surface area (Å²) in [5, 5.41) is 3.19. The fraction of sp³-hybridized carbons (Fsp3) is 0.333. The molecular weight excluding hydrogens is 122 g/mol. The molecule has 0 radical (unpaired) electrons. The fourth-order valence-corrected chi connectivity index (χ4v) is 0.794. The Labute approximate surface area is 63.5 Å². The quantitative estimate of drug-likeness (QED) is 0.658. The van der Waals surface area contributed by atoms with Gasteiger partial charge >= 0.3 is 0 Å². The van der Waals surface area contributed by atoms with E-state index >= 15 is 0 Å². The third-order valence-corrected chi connectivity index (χ3v) is 1.15. The van der Waals surface area contributed by atoms with Gasteiger partial charge in [-0.15, -0.1) is 0 Å². The third-order valence-electron chi connectivity index (χ3n) is 1.15. The summed E-state index contributed by atoms with van der Waals surface area (Å²) in [4.78, 5) is 0. The zero-order valence-electron chi connectivity index (χ0n) is 7.39. The van der Waals surface area contributed by atoms with Crippen LogP contribution in [0, 0.1) is 0 Å². The van der Waals surface area contributed by atoms with Gasteiger partial charge in [-0.05, 0) is 26.0 Å². The van der Waals surface area contributed by atoms with E-state index in [0.717, 1.165) is 5.69 Å². The van der Waals surface area contributed by atoms with Crippen molar-refractivity contribution in [3.8, 4) is 0 Å². The van der Waals surface area contributed by atoms with Gasteiger partial charge in [0.25, 0.3) is 0 Å². The molecule has 0 aliphatic heterocycles. The summed E-state index contributed by atoms with van der Waals surface area (Å²) < 4.78 is 7.50. The normalized spacial score (nSPS) is 11.3. The lowest BCUT2D eigenvalue weighted by atomic mass is 10.3. The Morgan fingerprint density at radius 3 is 2.80 bits per heavy atom. The Morgan fingerprint density at radius 1 is 1.40 bits per heavy atom. The second-order valence-electron chi connectivity index (χ2n) is 2.58. The van der Waals surface area contributed by atoms with Crippen LogP contribution in [-0.4, -0.2) is 6.04 Å². The van der Waals surface area contributed by atoms with E-state index in [9.17, 15) is 0 Å². The van der Waals surface area contributed by atoms with E-state index in [0.29, 0.717) is 12.1 Å². The summed E-state index contributed by atoms with van der Waals surface area (Å²) in [5.41, 5.74) is 0.905. The SMILES string of the molecule is [2H]c1ccccc1NC(C)C. The van der Waals surface area contributed by atoms with Gasteiger partial charge in [0.15, 0.2) is 0 Å². The molecule has 1 nitrogen and oxygen atoms in total. The molecule has 0 atom stereocenters. The number of hydrogen-bond donors (Lipinski definition) is 1. The van der Waals surface area contributed by atoms with Crippen LogP contribution in [0.3, 0.4) is 0 Å². The Hall–Kier alpha value is -0.980. The average Bonchev–Trinajstić information content (AvgIpc) is 1.93. The van der Waals surface area contributed by atoms with E-state index in [4.69, 9.17) is 1.37 Å². The standard InChI is InChI=1S/C9H13N/c1-8(2)10-9-6-4-3-5-7-9/h3-8,10H,1-2H3/i6D. The van der Waals surface area contributed by atoms with Crippen LogP contribution in [0.4, 0.5) is 5.69 Å². The molecule has 10 heavy (non-hydrogen) atoms. The highest BCUT2D eigenvalue weighted by molar-refractivity contribution is 5.42. The molecule has 54 valence electrons. The minimum Gasteiger partial charge on any atom is -0.383 e. The zero-order valence-corrected chi connectivity index (χ0v) is 6.39. The summed E-state index contributed by atoms with van der Waals surface area (Å²) in [5.74, 6) is 0. The van der Waals surface area contributed by atoms with Crippen molar-refractivity contribution in [1.29, 1.82) is 0 Å². The van der Waals surface area contributed by atoms with Gasteiger partial charge in [-0.2, -0.15) is 0 Å². The monoisotopic (exact) mass is 136 g/mol. The highest BCUT2D eigenvalue weighted by Crippen LogP contribution is 2.05. The van der Waals surface area contributed by atoms with Gasteiger partial charge < -0.3 is 5.32 Å². The van der Waals surface area contributed by atoms with Gasteiger partial charge in [0.2, 0.25) is 0 Å². The molecule has 0 amide bonds. The van der Waals surface area contributed by atoms with Crippen molar-refractivity contribution in [2.75, 3.05) is 5.32 Å². The Balaban J connectivity index is 2.78. The lowest BCUT2D eigenvalue weighted by Gasteiger charge is -2.08. The minimum absolute atomic E-state index is 0.390. The molecule has 0 unspecified atom stereocenters. The van der Waals surface area contributed by atoms with E-state index in [1.807, 2.05) is 18.2 Å². The number of nitrogens with one attached hydrogen (secondary N) is 1. The molecule has 1 rings (SSSR count). The smallest absolute Gasteiger partial charge is 0.0645 e. The van der Waals surface area contributed by atoms with Crippen molar-refractivity contribution >= 4 is 5.69 Å². The maximum atomic E-state index is 7.50. The maximum Gasteiger partial charge on any atom is 0.0645 e. The predicted molar refractivity (Wildman–Crippen MR) is 45.2 cm³/mol. The number of benzene rings is 1. The molecule has 0 fully saturated rings. The Kier molecular flexibility index (Phi) is 1.88. The van der Waals surface area contributed by atoms with Gasteiger partial charge in [-0.1, -0.05) is 18.2 Å². The first-order valence-electron chi connectivity index (χ1n) is 4.02. The second kappa shape index (κ2) is 3.25. The molecule has 1 N–H and O–H groups in total. The second-order valence-corrected chi connectivity index (χ2v) is 2.58. The Morgan fingerprint density at radius 2 is 2.20 bits per heavy atom. The number of anilines is 1. The molecule has 0 saturated carbocycles. The fourth-order valence-electron chi connectivity index (χ4n) is 0.794. The molecule has 0 heterocycles. The van der Waals surface area contributed by atoms with Crippen LogP contribution in [0.1, 0.15) is 15.2 Å². The van der Waals surface area contributed by atoms with Crippen LogP contribution in [0.2, 0.25) is 0 Å². The summed E-state index contributed by atoms with van der Waals surface area (Å²) >= 11 is 0. The lowest BCUT2D eigenvalue weighted by molar-refractivity contribution is 0.900. The van der Waals surface area contributed by atoms with Gasteiger partial charge in [0.05, 0.1) is 1.37 Å². The predicted octanol–water partition coefficient (Wildman–Crippen LogP) is 2.51. The van der Waals surface area contributed by atoms with Crippen LogP contribution in [0.25, 0.3) is 0 Å². The van der Waals surface area contributed by atoms with Crippen molar-refractivity contribution < 1.29 is 1.37 Å². The lowest BCUT2D eigenvalue weighted by Crippen LogP contribution is -2.08. The van der Waals surface area contributed by atoms with Crippen molar-refractivity contribution in [3.05, 3.63) is 30.3 Å². The summed E-state index contributed by atoms with van der Waals surface area (Å²) in [7, 11) is 0. The van der Waals surface area contributed by atoms with E-state index in [2.05, 4.69) is 19.2 Å². The topological polar surface area (TPSA) is 12.0 Å². The zero-order chi connectivity index (χ0) is 8.27. The summed E-state index contributed by atoms with van der Waals surface area (Å²) in [6.07, 6.45) is 0. The van der Waals surface area contributed by atoms with E-state index in [1.54, 1.807) is 6.07 Å². The summed E-state index contributed by atoms with van der Waals surface area (Å²) in [6, 6.07) is 8.45. The third kappa shape index (κ3) is 2.09.